The molecule has 0 amide bonds. The molecule has 2 atom stereocenters. The van der Waals surface area contributed by atoms with Crippen molar-refractivity contribution in [2.45, 2.75) is 32.0 Å². The van der Waals surface area contributed by atoms with E-state index in [2.05, 4.69) is 36.8 Å². The molecule has 7 heteroatoms. The van der Waals surface area contributed by atoms with Gasteiger partial charge in [-0.1, -0.05) is 12.1 Å². The summed E-state index contributed by atoms with van der Waals surface area (Å²) in [6.07, 6.45) is 3.00. The van der Waals surface area contributed by atoms with Gasteiger partial charge in [0.15, 0.2) is 0 Å². The van der Waals surface area contributed by atoms with E-state index in [-0.39, 0.29) is 5.56 Å². The van der Waals surface area contributed by atoms with Crippen molar-refractivity contribution in [2.24, 2.45) is 5.92 Å². The van der Waals surface area contributed by atoms with E-state index in [1.54, 1.807) is 7.11 Å². The first-order chi connectivity index (χ1) is 14.6. The van der Waals surface area contributed by atoms with Gasteiger partial charge >= 0.3 is 0 Å². The molecule has 2 aliphatic rings. The van der Waals surface area contributed by atoms with E-state index >= 15 is 0 Å². The molecule has 0 saturated carbocycles. The SMILES string of the molecule is CNc1ncccc1CN1C[C@@H]2C[C@H](C1)c1ccc(CN(C)CCOC)c(=O)n1C2. The van der Waals surface area contributed by atoms with Crippen LogP contribution in [0.1, 0.15) is 29.2 Å². The third kappa shape index (κ3) is 4.43. The van der Waals surface area contributed by atoms with Gasteiger partial charge in [0.25, 0.3) is 5.56 Å². The molecule has 162 valence electrons. The maximum Gasteiger partial charge on any atom is 0.255 e. The molecule has 0 radical (unpaired) electrons. The van der Waals surface area contributed by atoms with Crippen LogP contribution in [0, 0.1) is 5.92 Å². The lowest BCUT2D eigenvalue weighted by Crippen LogP contribution is -2.47. The molecule has 0 aromatic carbocycles. The molecule has 2 aromatic heterocycles. The smallest absolute Gasteiger partial charge is 0.255 e. The molecule has 1 N–H and O–H groups in total. The standard InChI is InChI=1S/C23H33N5O2/c1-24-22-18(5-4-8-25-22)15-27-12-17-11-20(16-27)21-7-6-19(23(29)28(21)13-17)14-26(2)9-10-30-3/h4-8,17,20H,9-16H2,1-3H3,(H,24,25)/t17-,20+/m0/s1. The molecule has 0 aliphatic carbocycles. The summed E-state index contributed by atoms with van der Waals surface area (Å²) < 4.78 is 7.21. The molecular weight excluding hydrogens is 378 g/mol. The van der Waals surface area contributed by atoms with E-state index in [0.717, 1.165) is 44.1 Å². The predicted molar refractivity (Wildman–Crippen MR) is 119 cm³/mol. The van der Waals surface area contributed by atoms with Gasteiger partial charge in [0.05, 0.1) is 6.61 Å². The number of pyridine rings is 2. The Morgan fingerprint density at radius 1 is 1.23 bits per heavy atom. The number of hydrogen-bond acceptors (Lipinski definition) is 6. The van der Waals surface area contributed by atoms with E-state index in [9.17, 15) is 4.79 Å². The normalized spacial score (nSPS) is 20.9. The molecular formula is C23H33N5O2. The minimum Gasteiger partial charge on any atom is -0.383 e. The van der Waals surface area contributed by atoms with Crippen molar-refractivity contribution in [2.75, 3.05) is 52.8 Å². The lowest BCUT2D eigenvalue weighted by molar-refractivity contribution is 0.114. The van der Waals surface area contributed by atoms with E-state index in [4.69, 9.17) is 4.74 Å². The van der Waals surface area contributed by atoms with Crippen molar-refractivity contribution in [3.8, 4) is 0 Å². The van der Waals surface area contributed by atoms with Crippen molar-refractivity contribution < 1.29 is 4.74 Å². The summed E-state index contributed by atoms with van der Waals surface area (Å²) in [6.45, 7) is 5.89. The number of likely N-dealkylation sites (N-methyl/N-ethyl adjacent to an activating group) is 1. The maximum absolute atomic E-state index is 13.2. The Hall–Kier alpha value is -2.22. The zero-order valence-electron chi connectivity index (χ0n) is 18.3. The van der Waals surface area contributed by atoms with Crippen molar-refractivity contribution in [3.63, 3.8) is 0 Å². The Kier molecular flexibility index (Phi) is 6.51. The van der Waals surface area contributed by atoms with Crippen LogP contribution in [-0.2, 0) is 24.4 Å². The highest BCUT2D eigenvalue weighted by Crippen LogP contribution is 2.36. The molecule has 0 unspecified atom stereocenters. The molecule has 7 nitrogen and oxygen atoms in total. The molecule has 30 heavy (non-hydrogen) atoms. The number of fused-ring (bicyclic) bond motifs is 4. The number of methoxy groups -OCH3 is 1. The van der Waals surface area contributed by atoms with Gasteiger partial charge in [-0.3, -0.25) is 14.6 Å². The van der Waals surface area contributed by atoms with Crippen LogP contribution in [-0.4, -0.2) is 66.8 Å². The molecule has 1 saturated heterocycles. The summed E-state index contributed by atoms with van der Waals surface area (Å²) in [4.78, 5) is 22.3. The largest absolute Gasteiger partial charge is 0.383 e. The van der Waals surface area contributed by atoms with Crippen LogP contribution in [0.3, 0.4) is 0 Å². The summed E-state index contributed by atoms with van der Waals surface area (Å²) in [5.41, 5.74) is 3.49. The average molecular weight is 412 g/mol. The molecule has 4 heterocycles. The minimum absolute atomic E-state index is 0.185. The highest BCUT2D eigenvalue weighted by molar-refractivity contribution is 5.42. The fourth-order valence-corrected chi connectivity index (χ4v) is 4.99. The average Bonchev–Trinajstić information content (AvgIpc) is 2.75. The zero-order chi connectivity index (χ0) is 21.1. The van der Waals surface area contributed by atoms with Gasteiger partial charge in [0, 0.05) is 82.4 Å². The first-order valence-electron chi connectivity index (χ1n) is 10.8. The fraction of sp³-hybridized carbons (Fsp3) is 0.565. The molecule has 0 spiro atoms. The number of aromatic nitrogens is 2. The number of rotatable bonds is 8. The second-order valence-electron chi connectivity index (χ2n) is 8.68. The van der Waals surface area contributed by atoms with Gasteiger partial charge in [0.2, 0.25) is 0 Å². The van der Waals surface area contributed by atoms with Gasteiger partial charge in [-0.2, -0.15) is 0 Å². The van der Waals surface area contributed by atoms with Gasteiger partial charge in [-0.15, -0.1) is 0 Å². The predicted octanol–water partition coefficient (Wildman–Crippen LogP) is 1.98. The van der Waals surface area contributed by atoms with Crippen LogP contribution in [0.25, 0.3) is 0 Å². The summed E-state index contributed by atoms with van der Waals surface area (Å²) in [7, 11) is 5.66. The Morgan fingerprint density at radius 2 is 2.10 bits per heavy atom. The number of likely N-dealkylation sites (tertiary alicyclic amines) is 1. The maximum atomic E-state index is 13.2. The topological polar surface area (TPSA) is 62.6 Å². The molecule has 4 rings (SSSR count). The number of piperidine rings is 1. The number of ether oxygens (including phenoxy) is 1. The van der Waals surface area contributed by atoms with Crippen LogP contribution in [0.15, 0.2) is 35.3 Å². The molecule has 2 aliphatic heterocycles. The first-order valence-corrected chi connectivity index (χ1v) is 10.8. The molecule has 2 bridgehead atoms. The van der Waals surface area contributed by atoms with Crippen molar-refractivity contribution >= 4 is 5.82 Å². The molecule has 2 aromatic rings. The van der Waals surface area contributed by atoms with E-state index in [1.165, 1.54) is 17.7 Å². The Labute approximate surface area is 178 Å². The van der Waals surface area contributed by atoms with Crippen LogP contribution < -0.4 is 10.9 Å². The van der Waals surface area contributed by atoms with Crippen LogP contribution >= 0.6 is 0 Å². The van der Waals surface area contributed by atoms with Gasteiger partial charge in [-0.25, -0.2) is 4.98 Å². The quantitative estimate of drug-likeness (QED) is 0.717. The minimum atomic E-state index is 0.185. The first kappa shape index (κ1) is 21.0. The number of hydrogen-bond donors (Lipinski definition) is 1. The van der Waals surface area contributed by atoms with Crippen molar-refractivity contribution in [3.05, 3.63) is 57.6 Å². The zero-order valence-corrected chi connectivity index (χ0v) is 18.3. The number of nitrogens with one attached hydrogen (secondary N) is 1. The third-order valence-corrected chi connectivity index (χ3v) is 6.40. The summed E-state index contributed by atoms with van der Waals surface area (Å²) in [6, 6.07) is 8.38. The van der Waals surface area contributed by atoms with Crippen LogP contribution in [0.4, 0.5) is 5.82 Å². The van der Waals surface area contributed by atoms with Crippen LogP contribution in [0.2, 0.25) is 0 Å². The second kappa shape index (κ2) is 9.29. The summed E-state index contributed by atoms with van der Waals surface area (Å²) in [5, 5.41) is 3.20. The van der Waals surface area contributed by atoms with E-state index in [1.807, 2.05) is 32.4 Å². The Bertz CT molecular complexity index is 928. The van der Waals surface area contributed by atoms with Gasteiger partial charge < -0.3 is 14.6 Å². The highest BCUT2D eigenvalue weighted by Gasteiger charge is 2.35. The Morgan fingerprint density at radius 3 is 2.90 bits per heavy atom. The van der Waals surface area contributed by atoms with Crippen molar-refractivity contribution in [1.82, 2.24) is 19.4 Å². The van der Waals surface area contributed by atoms with Crippen molar-refractivity contribution in [1.29, 1.82) is 0 Å². The highest BCUT2D eigenvalue weighted by atomic mass is 16.5. The summed E-state index contributed by atoms with van der Waals surface area (Å²) in [5.74, 6) is 1.89. The number of nitrogens with zero attached hydrogens (tertiary/aromatic N) is 4. The molecule has 1 fully saturated rings. The Balaban J connectivity index is 1.50. The summed E-state index contributed by atoms with van der Waals surface area (Å²) >= 11 is 0. The second-order valence-corrected chi connectivity index (χ2v) is 8.68. The number of anilines is 1. The van der Waals surface area contributed by atoms with E-state index < -0.39 is 0 Å². The fourth-order valence-electron chi connectivity index (χ4n) is 4.99. The van der Waals surface area contributed by atoms with Crippen LogP contribution in [0.5, 0.6) is 0 Å². The lowest BCUT2D eigenvalue weighted by atomic mass is 9.83. The lowest BCUT2D eigenvalue weighted by Gasteiger charge is -2.43. The van der Waals surface area contributed by atoms with E-state index in [0.29, 0.717) is 25.0 Å². The third-order valence-electron chi connectivity index (χ3n) is 6.40. The monoisotopic (exact) mass is 411 g/mol. The van der Waals surface area contributed by atoms with Gasteiger partial charge in [-0.05, 0) is 31.5 Å². The van der Waals surface area contributed by atoms with Gasteiger partial charge in [0.1, 0.15) is 5.82 Å².